The van der Waals surface area contributed by atoms with Crippen LogP contribution in [0.4, 0.5) is 21.6 Å². The van der Waals surface area contributed by atoms with E-state index in [0.717, 1.165) is 50.4 Å². The Hall–Kier alpha value is -3.73. The second-order valence-corrected chi connectivity index (χ2v) is 9.29. The third-order valence-electron chi connectivity index (χ3n) is 6.09. The molecule has 0 saturated carbocycles. The lowest BCUT2D eigenvalue weighted by molar-refractivity contribution is 0.102. The lowest BCUT2D eigenvalue weighted by Gasteiger charge is -2.24. The van der Waals surface area contributed by atoms with Gasteiger partial charge in [-0.15, -0.1) is 0 Å². The van der Waals surface area contributed by atoms with Gasteiger partial charge in [0.15, 0.2) is 0 Å². The Morgan fingerprint density at radius 1 is 1.03 bits per heavy atom. The third-order valence-corrected chi connectivity index (χ3v) is 6.31. The molecule has 3 aromatic rings. The third kappa shape index (κ3) is 6.97. The van der Waals surface area contributed by atoms with Crippen molar-refractivity contribution in [1.29, 1.82) is 0 Å². The minimum Gasteiger partial charge on any atom is -0.490 e. The summed E-state index contributed by atoms with van der Waals surface area (Å²) in [6.07, 6.45) is 2.37. The fourth-order valence-corrected chi connectivity index (χ4v) is 4.22. The zero-order valence-corrected chi connectivity index (χ0v) is 21.7. The van der Waals surface area contributed by atoms with Crippen molar-refractivity contribution in [2.75, 3.05) is 62.0 Å². The van der Waals surface area contributed by atoms with E-state index in [-0.39, 0.29) is 35.8 Å². The number of aromatic nitrogens is 1. The number of hydrogen-bond donors (Lipinski definition) is 3. The van der Waals surface area contributed by atoms with Crippen LogP contribution in [-0.4, -0.2) is 73.2 Å². The number of nitrogens with zero attached hydrogens (tertiary/aromatic N) is 3. The van der Waals surface area contributed by atoms with Gasteiger partial charge in [-0.1, -0.05) is 11.6 Å². The molecule has 0 bridgehead atoms. The average Bonchev–Trinajstić information content (AvgIpc) is 3.13. The van der Waals surface area contributed by atoms with Gasteiger partial charge in [-0.05, 0) is 62.5 Å². The summed E-state index contributed by atoms with van der Waals surface area (Å²) in [5, 5.41) is 15.0. The average molecular weight is 542 g/mol. The molecule has 1 fully saturated rings. The Kier molecular flexibility index (Phi) is 9.11. The summed E-state index contributed by atoms with van der Waals surface area (Å²) in [6.45, 7) is 3.40. The van der Waals surface area contributed by atoms with Crippen molar-refractivity contribution >= 4 is 40.6 Å². The highest BCUT2D eigenvalue weighted by atomic mass is 35.5. The summed E-state index contributed by atoms with van der Waals surface area (Å²) in [6, 6.07) is 11.8. The van der Waals surface area contributed by atoms with Gasteiger partial charge >= 0.3 is 0 Å². The van der Waals surface area contributed by atoms with E-state index in [0.29, 0.717) is 10.8 Å². The molecule has 4 rings (SSSR count). The predicted molar refractivity (Wildman–Crippen MR) is 145 cm³/mol. The number of aliphatic hydroxyl groups is 1. The predicted octanol–water partition coefficient (Wildman–Crippen LogP) is 3.89. The summed E-state index contributed by atoms with van der Waals surface area (Å²) in [7, 11) is 2.09. The fourth-order valence-electron chi connectivity index (χ4n) is 4.11. The van der Waals surface area contributed by atoms with Gasteiger partial charge in [0.05, 0.1) is 28.4 Å². The van der Waals surface area contributed by atoms with E-state index in [2.05, 4.69) is 32.5 Å². The molecule has 1 aliphatic rings. The van der Waals surface area contributed by atoms with E-state index >= 15 is 0 Å². The lowest BCUT2D eigenvalue weighted by Crippen LogP contribution is -2.28. The van der Waals surface area contributed by atoms with Gasteiger partial charge in [0.25, 0.3) is 11.8 Å². The Morgan fingerprint density at radius 2 is 1.84 bits per heavy atom. The molecule has 2 aromatic carbocycles. The van der Waals surface area contributed by atoms with Crippen molar-refractivity contribution in [3.63, 3.8) is 0 Å². The smallest absolute Gasteiger partial charge is 0.259 e. The van der Waals surface area contributed by atoms with Crippen molar-refractivity contribution in [3.8, 4) is 5.75 Å². The van der Waals surface area contributed by atoms with Gasteiger partial charge in [-0.3, -0.25) is 9.59 Å². The van der Waals surface area contributed by atoms with E-state index in [9.17, 15) is 19.1 Å². The number of nitrogens with one attached hydrogen (secondary N) is 2. The van der Waals surface area contributed by atoms with E-state index < -0.39 is 17.6 Å². The molecule has 2 amide bonds. The molecule has 1 aromatic heterocycles. The number of amides is 2. The lowest BCUT2D eigenvalue weighted by atomic mass is 10.1. The summed E-state index contributed by atoms with van der Waals surface area (Å²) >= 11 is 5.84. The molecule has 2 heterocycles. The quantitative estimate of drug-likeness (QED) is 0.397. The van der Waals surface area contributed by atoms with Crippen LogP contribution < -0.4 is 20.3 Å². The van der Waals surface area contributed by atoms with E-state index in [1.807, 2.05) is 6.07 Å². The normalized spacial score (nSPS) is 14.1. The van der Waals surface area contributed by atoms with Crippen LogP contribution in [0.25, 0.3) is 0 Å². The highest BCUT2D eigenvalue weighted by Crippen LogP contribution is 2.29. The maximum atomic E-state index is 14.1. The van der Waals surface area contributed by atoms with Gasteiger partial charge in [-0.25, -0.2) is 9.37 Å². The summed E-state index contributed by atoms with van der Waals surface area (Å²) in [4.78, 5) is 34.7. The molecule has 0 atom stereocenters. The Labute approximate surface area is 225 Å². The summed E-state index contributed by atoms with van der Waals surface area (Å²) in [5.41, 5.74) is 1.14. The number of likely N-dealkylation sites (N-methyl/N-ethyl adjacent to an activating group) is 1. The first-order chi connectivity index (χ1) is 18.3. The van der Waals surface area contributed by atoms with Crippen molar-refractivity contribution in [1.82, 2.24) is 9.88 Å². The molecule has 0 unspecified atom stereocenters. The molecule has 9 nitrogen and oxygen atoms in total. The molecule has 0 spiro atoms. The molecule has 3 N–H and O–H groups in total. The zero-order chi connectivity index (χ0) is 27.1. The van der Waals surface area contributed by atoms with Crippen molar-refractivity contribution in [2.24, 2.45) is 0 Å². The number of carbonyl (C=O) groups is 2. The first-order valence-electron chi connectivity index (χ1n) is 12.2. The highest BCUT2D eigenvalue weighted by Gasteiger charge is 2.21. The van der Waals surface area contributed by atoms with Crippen LogP contribution in [0, 0.1) is 5.82 Å². The van der Waals surface area contributed by atoms with Crippen molar-refractivity contribution < 1.29 is 23.8 Å². The first-order valence-corrected chi connectivity index (χ1v) is 12.6. The van der Waals surface area contributed by atoms with Crippen LogP contribution in [0.3, 0.4) is 0 Å². The number of hydrogen-bond acceptors (Lipinski definition) is 7. The van der Waals surface area contributed by atoms with Crippen LogP contribution >= 0.6 is 11.6 Å². The molecular weight excluding hydrogens is 513 g/mol. The van der Waals surface area contributed by atoms with Gasteiger partial charge in [0.2, 0.25) is 0 Å². The standard InChI is InChI=1S/C27H29ClFN5O4/c1-33-9-2-10-34(12-11-33)20-5-6-21(24(16-20)38-14-13-35)26(36)31-23-7-4-19(29)15-22(23)27(37)32-25-8-3-18(28)17-30-25/h3-8,15-17,35H,2,9-14H2,1H3,(H,31,36)(H,30,32,37). The maximum absolute atomic E-state index is 14.1. The van der Waals surface area contributed by atoms with Crippen molar-refractivity contribution in [2.45, 2.75) is 6.42 Å². The van der Waals surface area contributed by atoms with E-state index in [4.69, 9.17) is 16.3 Å². The number of carbonyl (C=O) groups excluding carboxylic acids is 2. The number of anilines is 3. The SMILES string of the molecule is CN1CCCN(c2ccc(C(=O)Nc3ccc(F)cc3C(=O)Nc3ccc(Cl)cn3)c(OCCO)c2)CC1. The van der Waals surface area contributed by atoms with Crippen LogP contribution in [0.5, 0.6) is 5.75 Å². The first kappa shape index (κ1) is 27.3. The Balaban J connectivity index is 1.57. The number of ether oxygens (including phenoxy) is 1. The number of rotatable bonds is 8. The van der Waals surface area contributed by atoms with Crippen LogP contribution in [0.2, 0.25) is 5.02 Å². The molecule has 38 heavy (non-hydrogen) atoms. The van der Waals surface area contributed by atoms with Gasteiger partial charge < -0.3 is 30.3 Å². The Morgan fingerprint density at radius 3 is 2.61 bits per heavy atom. The molecule has 0 aliphatic carbocycles. The molecule has 0 radical (unpaired) electrons. The van der Waals surface area contributed by atoms with E-state index in [1.165, 1.54) is 18.3 Å². The largest absolute Gasteiger partial charge is 0.490 e. The topological polar surface area (TPSA) is 107 Å². The number of aliphatic hydroxyl groups excluding tert-OH is 1. The second kappa shape index (κ2) is 12.7. The minimum atomic E-state index is -0.659. The van der Waals surface area contributed by atoms with Crippen LogP contribution in [0.15, 0.2) is 54.7 Å². The van der Waals surface area contributed by atoms with Gasteiger partial charge in [-0.2, -0.15) is 0 Å². The Bertz CT molecular complexity index is 1290. The minimum absolute atomic E-state index is 0.00473. The number of pyridine rings is 1. The van der Waals surface area contributed by atoms with Crippen molar-refractivity contribution in [3.05, 3.63) is 76.7 Å². The zero-order valence-electron chi connectivity index (χ0n) is 20.9. The number of halogens is 2. The monoisotopic (exact) mass is 541 g/mol. The number of benzene rings is 2. The molecule has 1 saturated heterocycles. The molecule has 1 aliphatic heterocycles. The van der Waals surface area contributed by atoms with Gasteiger partial charge in [0.1, 0.15) is 24.0 Å². The van der Waals surface area contributed by atoms with E-state index in [1.54, 1.807) is 18.2 Å². The molecule has 200 valence electrons. The summed E-state index contributed by atoms with van der Waals surface area (Å²) < 4.78 is 19.8. The van der Waals surface area contributed by atoms with Crippen LogP contribution in [-0.2, 0) is 0 Å². The maximum Gasteiger partial charge on any atom is 0.259 e. The second-order valence-electron chi connectivity index (χ2n) is 8.86. The fraction of sp³-hybridized carbons (Fsp3) is 0.296. The molecular formula is C27H29ClFN5O4. The van der Waals surface area contributed by atoms with Crippen LogP contribution in [0.1, 0.15) is 27.1 Å². The summed E-state index contributed by atoms with van der Waals surface area (Å²) in [5.74, 6) is -1.34. The highest BCUT2D eigenvalue weighted by molar-refractivity contribution is 6.30. The van der Waals surface area contributed by atoms with Gasteiger partial charge in [0, 0.05) is 37.6 Å². The molecule has 11 heteroatoms.